The highest BCUT2D eigenvalue weighted by molar-refractivity contribution is 5.93. The quantitative estimate of drug-likeness (QED) is 0.147. The summed E-state index contributed by atoms with van der Waals surface area (Å²) in [6.45, 7) is 12.4. The number of alkyl carbamates (subject to hydrolysis) is 1. The SMILES string of the molecule is CCCCCCCCN(C(=O)CNC(=O)OC(C)(C)C)C(C(=O)NC(Cc1ccccc1)C(=O)OC(C)(C)C)c1cccc(O)c1. The molecular formula is C36H53N3O7. The molecule has 0 aliphatic heterocycles. The van der Waals surface area contributed by atoms with Gasteiger partial charge in [0, 0.05) is 13.0 Å². The third-order valence-electron chi connectivity index (χ3n) is 6.89. The van der Waals surface area contributed by atoms with Crippen LogP contribution < -0.4 is 10.6 Å². The number of benzene rings is 2. The number of amides is 3. The Labute approximate surface area is 274 Å². The van der Waals surface area contributed by atoms with Crippen molar-refractivity contribution in [1.29, 1.82) is 0 Å². The molecule has 3 amide bonds. The van der Waals surface area contributed by atoms with Crippen molar-refractivity contribution in [2.45, 2.75) is 117 Å². The Morgan fingerprint density at radius 3 is 2.07 bits per heavy atom. The first kappa shape index (κ1) is 38.1. The van der Waals surface area contributed by atoms with Crippen LogP contribution in [0.1, 0.15) is 104 Å². The second kappa shape index (κ2) is 18.2. The monoisotopic (exact) mass is 639 g/mol. The Morgan fingerprint density at radius 2 is 1.46 bits per heavy atom. The maximum Gasteiger partial charge on any atom is 0.408 e. The Morgan fingerprint density at radius 1 is 0.826 bits per heavy atom. The number of phenolic OH excluding ortho intramolecular Hbond substituents is 1. The van der Waals surface area contributed by atoms with Crippen LogP contribution in [0.4, 0.5) is 4.79 Å². The molecule has 0 fully saturated rings. The molecular weight excluding hydrogens is 586 g/mol. The minimum absolute atomic E-state index is 0.0814. The van der Waals surface area contributed by atoms with Crippen LogP contribution in [0.5, 0.6) is 5.75 Å². The summed E-state index contributed by atoms with van der Waals surface area (Å²) in [6.07, 6.45) is 5.12. The van der Waals surface area contributed by atoms with Gasteiger partial charge in [0.05, 0.1) is 0 Å². The van der Waals surface area contributed by atoms with Gasteiger partial charge in [0.25, 0.3) is 0 Å². The highest BCUT2D eigenvalue weighted by Gasteiger charge is 2.35. The number of nitrogens with one attached hydrogen (secondary N) is 2. The Kier molecular flexibility index (Phi) is 15.0. The Bertz CT molecular complexity index is 1270. The van der Waals surface area contributed by atoms with Gasteiger partial charge in [-0.05, 0) is 71.2 Å². The summed E-state index contributed by atoms with van der Waals surface area (Å²) in [5.74, 6) is -1.82. The van der Waals surface area contributed by atoms with E-state index in [9.17, 15) is 24.3 Å². The number of carbonyl (C=O) groups is 4. The lowest BCUT2D eigenvalue weighted by Crippen LogP contribution is -2.52. The molecule has 0 radical (unpaired) electrons. The van der Waals surface area contributed by atoms with Crippen LogP contribution in [0.15, 0.2) is 54.6 Å². The van der Waals surface area contributed by atoms with E-state index in [1.54, 1.807) is 53.7 Å². The maximum atomic E-state index is 14.3. The van der Waals surface area contributed by atoms with E-state index >= 15 is 0 Å². The number of ether oxygens (including phenoxy) is 2. The predicted octanol–water partition coefficient (Wildman–Crippen LogP) is 6.22. The number of nitrogens with zero attached hydrogens (tertiary/aromatic N) is 1. The number of carbonyl (C=O) groups excluding carboxylic acids is 4. The molecule has 2 unspecified atom stereocenters. The van der Waals surface area contributed by atoms with Crippen molar-refractivity contribution in [3.8, 4) is 5.75 Å². The van der Waals surface area contributed by atoms with E-state index < -0.39 is 53.7 Å². The van der Waals surface area contributed by atoms with Crippen molar-refractivity contribution >= 4 is 23.9 Å². The highest BCUT2D eigenvalue weighted by atomic mass is 16.6. The molecule has 0 bridgehead atoms. The molecule has 0 aliphatic rings. The van der Waals surface area contributed by atoms with E-state index in [-0.39, 0.29) is 18.7 Å². The molecule has 0 spiro atoms. The van der Waals surface area contributed by atoms with Gasteiger partial charge in [-0.1, -0.05) is 81.5 Å². The lowest BCUT2D eigenvalue weighted by Gasteiger charge is -2.33. The standard InChI is InChI=1S/C36H53N3O7/c1-8-9-10-11-12-16-22-39(30(41)25-37-34(44)46-36(5,6)7)31(27-20-17-21-28(40)24-27)32(42)38-29(33(43)45-35(2,3)4)23-26-18-14-13-15-19-26/h13-15,17-21,24,29,31,40H,8-12,16,22-23,25H2,1-7H3,(H,37,44)(H,38,42). The largest absolute Gasteiger partial charge is 0.508 e. The fourth-order valence-corrected chi connectivity index (χ4v) is 4.86. The van der Waals surface area contributed by atoms with Crippen LogP contribution in [0, 0.1) is 0 Å². The van der Waals surface area contributed by atoms with E-state index in [1.165, 1.54) is 17.0 Å². The topological polar surface area (TPSA) is 134 Å². The zero-order chi connectivity index (χ0) is 34.3. The number of aromatic hydroxyl groups is 1. The average Bonchev–Trinajstić information content (AvgIpc) is 2.95. The van der Waals surface area contributed by atoms with Crippen LogP contribution in [0.3, 0.4) is 0 Å². The summed E-state index contributed by atoms with van der Waals surface area (Å²) in [7, 11) is 0. The second-order valence-corrected chi connectivity index (χ2v) is 13.5. The molecule has 0 aliphatic carbocycles. The third-order valence-corrected chi connectivity index (χ3v) is 6.89. The lowest BCUT2D eigenvalue weighted by molar-refractivity contribution is -0.159. The van der Waals surface area contributed by atoms with E-state index in [2.05, 4.69) is 17.6 Å². The maximum absolute atomic E-state index is 14.3. The molecule has 254 valence electrons. The van der Waals surface area contributed by atoms with Gasteiger partial charge in [-0.15, -0.1) is 0 Å². The fraction of sp³-hybridized carbons (Fsp3) is 0.556. The van der Waals surface area contributed by atoms with Crippen molar-refractivity contribution in [2.75, 3.05) is 13.1 Å². The molecule has 0 saturated carbocycles. The van der Waals surface area contributed by atoms with Gasteiger partial charge >= 0.3 is 12.1 Å². The zero-order valence-electron chi connectivity index (χ0n) is 28.6. The molecule has 46 heavy (non-hydrogen) atoms. The van der Waals surface area contributed by atoms with Gasteiger partial charge < -0.3 is 30.1 Å². The molecule has 2 aromatic carbocycles. The van der Waals surface area contributed by atoms with Gasteiger partial charge in [0.1, 0.15) is 35.6 Å². The Hall–Kier alpha value is -4.08. The number of phenols is 1. The first-order valence-corrected chi connectivity index (χ1v) is 16.2. The number of unbranched alkanes of at least 4 members (excludes halogenated alkanes) is 5. The number of hydrogen-bond donors (Lipinski definition) is 3. The molecule has 10 nitrogen and oxygen atoms in total. The molecule has 2 aromatic rings. The minimum atomic E-state index is -1.21. The normalized spacial score (nSPS) is 12.8. The zero-order valence-corrected chi connectivity index (χ0v) is 28.6. The fourth-order valence-electron chi connectivity index (χ4n) is 4.86. The van der Waals surface area contributed by atoms with Crippen molar-refractivity contribution < 1.29 is 33.8 Å². The summed E-state index contributed by atoms with van der Waals surface area (Å²) in [4.78, 5) is 55.3. The first-order chi connectivity index (χ1) is 21.6. The number of rotatable bonds is 16. The van der Waals surface area contributed by atoms with Gasteiger partial charge in [-0.2, -0.15) is 0 Å². The van der Waals surface area contributed by atoms with E-state index in [1.807, 2.05) is 30.3 Å². The third kappa shape index (κ3) is 14.3. The lowest BCUT2D eigenvalue weighted by atomic mass is 10.0. The van der Waals surface area contributed by atoms with Crippen molar-refractivity contribution in [3.63, 3.8) is 0 Å². The molecule has 0 saturated heterocycles. The molecule has 3 N–H and O–H groups in total. The molecule has 2 rings (SSSR count). The van der Waals surface area contributed by atoms with Crippen molar-refractivity contribution in [1.82, 2.24) is 15.5 Å². The summed E-state index contributed by atoms with van der Waals surface area (Å²) in [6, 6.07) is 13.1. The van der Waals surface area contributed by atoms with Crippen LogP contribution in [0.25, 0.3) is 0 Å². The van der Waals surface area contributed by atoms with Crippen LogP contribution in [0.2, 0.25) is 0 Å². The van der Waals surface area contributed by atoms with E-state index in [0.29, 0.717) is 12.0 Å². The molecule has 2 atom stereocenters. The highest BCUT2D eigenvalue weighted by Crippen LogP contribution is 2.26. The summed E-state index contributed by atoms with van der Waals surface area (Å²) in [5, 5.41) is 15.7. The minimum Gasteiger partial charge on any atom is -0.508 e. The van der Waals surface area contributed by atoms with Gasteiger partial charge in [-0.25, -0.2) is 9.59 Å². The van der Waals surface area contributed by atoms with Crippen molar-refractivity contribution in [2.24, 2.45) is 0 Å². The van der Waals surface area contributed by atoms with Crippen LogP contribution >= 0.6 is 0 Å². The van der Waals surface area contributed by atoms with E-state index in [0.717, 1.165) is 37.7 Å². The van der Waals surface area contributed by atoms with Crippen LogP contribution in [-0.2, 0) is 30.3 Å². The number of esters is 1. The number of hydrogen-bond acceptors (Lipinski definition) is 7. The van der Waals surface area contributed by atoms with Crippen molar-refractivity contribution in [3.05, 3.63) is 65.7 Å². The second-order valence-electron chi connectivity index (χ2n) is 13.5. The predicted molar refractivity (Wildman–Crippen MR) is 178 cm³/mol. The summed E-state index contributed by atoms with van der Waals surface area (Å²) < 4.78 is 11.0. The van der Waals surface area contributed by atoms with Crippen LogP contribution in [-0.4, -0.2) is 64.2 Å². The molecule has 0 heterocycles. The van der Waals surface area contributed by atoms with Gasteiger partial charge in [0.2, 0.25) is 11.8 Å². The first-order valence-electron chi connectivity index (χ1n) is 16.2. The van der Waals surface area contributed by atoms with Gasteiger partial charge in [-0.3, -0.25) is 9.59 Å². The smallest absolute Gasteiger partial charge is 0.408 e. The van der Waals surface area contributed by atoms with Gasteiger partial charge in [0.15, 0.2) is 0 Å². The summed E-state index contributed by atoms with van der Waals surface area (Å²) >= 11 is 0. The molecule has 10 heteroatoms. The summed E-state index contributed by atoms with van der Waals surface area (Å²) in [5.41, 5.74) is -0.384. The van der Waals surface area contributed by atoms with E-state index in [4.69, 9.17) is 9.47 Å². The Balaban J connectivity index is 2.46. The molecule has 0 aromatic heterocycles. The average molecular weight is 640 g/mol.